The minimum atomic E-state index is 0.601. The van der Waals surface area contributed by atoms with E-state index in [1.54, 1.807) is 0 Å². The average molecular weight is 271 g/mol. The van der Waals surface area contributed by atoms with Crippen LogP contribution in [-0.2, 0) is 6.42 Å². The zero-order valence-corrected chi connectivity index (χ0v) is 13.7. The Kier molecular flexibility index (Phi) is 7.28. The Morgan fingerprint density at radius 3 is 2.55 bits per heavy atom. The van der Waals surface area contributed by atoms with Gasteiger partial charge in [-0.25, -0.2) is 0 Å². The Morgan fingerprint density at radius 2 is 1.95 bits per heavy atom. The molecule has 1 nitrogen and oxygen atoms in total. The van der Waals surface area contributed by atoms with E-state index in [9.17, 15) is 0 Å². The number of aromatic nitrogens is 1. The van der Waals surface area contributed by atoms with Crippen LogP contribution in [0.1, 0.15) is 53.2 Å². The van der Waals surface area contributed by atoms with E-state index < -0.39 is 0 Å². The largest absolute Gasteiger partial charge is 0.261 e. The van der Waals surface area contributed by atoms with Crippen molar-refractivity contribution in [2.45, 2.75) is 53.9 Å². The molecule has 0 saturated heterocycles. The number of allylic oxidation sites excluding steroid dienone is 4. The van der Waals surface area contributed by atoms with E-state index in [2.05, 4.69) is 63.9 Å². The molecular weight excluding hydrogens is 242 g/mol. The number of nitrogens with zero attached hydrogens (tertiary/aromatic N) is 1. The van der Waals surface area contributed by atoms with Crippen molar-refractivity contribution < 1.29 is 0 Å². The molecule has 1 heterocycles. The molecule has 0 bridgehead atoms. The van der Waals surface area contributed by atoms with Gasteiger partial charge in [-0.05, 0) is 64.0 Å². The maximum Gasteiger partial charge on any atom is 0.0406 e. The molecule has 0 N–H and O–H groups in total. The van der Waals surface area contributed by atoms with Gasteiger partial charge in [-0.1, -0.05) is 43.2 Å². The summed E-state index contributed by atoms with van der Waals surface area (Å²) in [4.78, 5) is 4.42. The van der Waals surface area contributed by atoms with Gasteiger partial charge >= 0.3 is 0 Å². The molecule has 20 heavy (non-hydrogen) atoms. The fourth-order valence-corrected chi connectivity index (χ4v) is 2.32. The van der Waals surface area contributed by atoms with E-state index in [-0.39, 0.29) is 0 Å². The molecule has 0 aliphatic heterocycles. The highest BCUT2D eigenvalue weighted by Gasteiger charge is 2.11. The SMILES string of the molecule is CC(C)=CCC/C(C)=C/C(C)C(C)Cc1ccccn1. The number of pyridine rings is 1. The van der Waals surface area contributed by atoms with Crippen molar-refractivity contribution in [2.24, 2.45) is 11.8 Å². The van der Waals surface area contributed by atoms with Crippen LogP contribution < -0.4 is 0 Å². The van der Waals surface area contributed by atoms with Gasteiger partial charge in [0.25, 0.3) is 0 Å². The predicted octanol–water partition coefficient (Wildman–Crippen LogP) is 5.59. The molecule has 0 fully saturated rings. The number of rotatable bonds is 7. The van der Waals surface area contributed by atoms with Crippen molar-refractivity contribution in [3.63, 3.8) is 0 Å². The summed E-state index contributed by atoms with van der Waals surface area (Å²) in [5.41, 5.74) is 4.11. The molecule has 1 aromatic rings. The highest BCUT2D eigenvalue weighted by Crippen LogP contribution is 2.20. The molecule has 1 aromatic heterocycles. The van der Waals surface area contributed by atoms with E-state index >= 15 is 0 Å². The Bertz CT molecular complexity index is 438. The quantitative estimate of drug-likeness (QED) is 0.589. The minimum Gasteiger partial charge on any atom is -0.261 e. The van der Waals surface area contributed by atoms with Crippen molar-refractivity contribution >= 4 is 0 Å². The number of hydrogen-bond donors (Lipinski definition) is 0. The molecule has 0 aliphatic carbocycles. The normalized spacial score (nSPS) is 14.8. The van der Waals surface area contributed by atoms with Crippen LogP contribution >= 0.6 is 0 Å². The third-order valence-corrected chi connectivity index (χ3v) is 3.79. The zero-order chi connectivity index (χ0) is 15.0. The van der Waals surface area contributed by atoms with E-state index in [4.69, 9.17) is 0 Å². The van der Waals surface area contributed by atoms with Gasteiger partial charge in [0, 0.05) is 11.9 Å². The molecule has 1 rings (SSSR count). The molecule has 0 saturated carbocycles. The first-order valence-electron chi connectivity index (χ1n) is 7.69. The highest BCUT2D eigenvalue weighted by atomic mass is 14.7. The summed E-state index contributed by atoms with van der Waals surface area (Å²) >= 11 is 0. The second-order valence-corrected chi connectivity index (χ2v) is 6.19. The molecule has 0 aromatic carbocycles. The molecule has 0 radical (unpaired) electrons. The molecule has 2 atom stereocenters. The lowest BCUT2D eigenvalue weighted by Crippen LogP contribution is -2.10. The molecule has 0 amide bonds. The van der Waals surface area contributed by atoms with Crippen molar-refractivity contribution in [2.75, 3.05) is 0 Å². The molecule has 110 valence electrons. The van der Waals surface area contributed by atoms with E-state index in [1.807, 2.05) is 12.3 Å². The standard InChI is InChI=1S/C19H29N/c1-15(2)9-8-10-16(3)13-17(4)18(5)14-19-11-6-7-12-20-19/h6-7,9,11-13,17-18H,8,10,14H2,1-5H3/b16-13+. The van der Waals surface area contributed by atoms with Crippen LogP contribution in [0.15, 0.2) is 47.7 Å². The second kappa shape index (κ2) is 8.73. The lowest BCUT2D eigenvalue weighted by molar-refractivity contribution is 0.450. The van der Waals surface area contributed by atoms with Crippen molar-refractivity contribution in [3.05, 3.63) is 53.4 Å². The van der Waals surface area contributed by atoms with Gasteiger partial charge < -0.3 is 0 Å². The maximum atomic E-state index is 4.42. The lowest BCUT2D eigenvalue weighted by atomic mass is 9.89. The maximum absolute atomic E-state index is 4.42. The summed E-state index contributed by atoms with van der Waals surface area (Å²) < 4.78 is 0. The first-order chi connectivity index (χ1) is 9.49. The summed E-state index contributed by atoms with van der Waals surface area (Å²) in [5, 5.41) is 0. The van der Waals surface area contributed by atoms with Crippen molar-refractivity contribution in [1.82, 2.24) is 4.98 Å². The summed E-state index contributed by atoms with van der Waals surface area (Å²) in [6.07, 6.45) is 10.0. The van der Waals surface area contributed by atoms with Gasteiger partial charge in [0.2, 0.25) is 0 Å². The fraction of sp³-hybridized carbons (Fsp3) is 0.526. The molecule has 0 aliphatic rings. The van der Waals surface area contributed by atoms with Crippen molar-refractivity contribution in [1.29, 1.82) is 0 Å². The lowest BCUT2D eigenvalue weighted by Gasteiger charge is -2.17. The Morgan fingerprint density at radius 1 is 1.20 bits per heavy atom. The van der Waals surface area contributed by atoms with E-state index in [0.29, 0.717) is 11.8 Å². The monoisotopic (exact) mass is 271 g/mol. The summed E-state index contributed by atoms with van der Waals surface area (Å²) in [6.45, 7) is 11.2. The van der Waals surface area contributed by atoms with Gasteiger partial charge in [-0.15, -0.1) is 0 Å². The van der Waals surface area contributed by atoms with Gasteiger partial charge in [0.1, 0.15) is 0 Å². The van der Waals surface area contributed by atoms with Crippen molar-refractivity contribution in [3.8, 4) is 0 Å². The third kappa shape index (κ3) is 6.70. The first-order valence-corrected chi connectivity index (χ1v) is 7.69. The molecular formula is C19H29N. The summed E-state index contributed by atoms with van der Waals surface area (Å²) in [5.74, 6) is 1.23. The van der Waals surface area contributed by atoms with Gasteiger partial charge in [-0.2, -0.15) is 0 Å². The minimum absolute atomic E-state index is 0.601. The zero-order valence-electron chi connectivity index (χ0n) is 13.7. The van der Waals surface area contributed by atoms with Crippen LogP contribution in [0.2, 0.25) is 0 Å². The average Bonchev–Trinajstić information content (AvgIpc) is 2.39. The predicted molar refractivity (Wildman–Crippen MR) is 88.7 cm³/mol. The first kappa shape index (κ1) is 16.7. The molecule has 1 heteroatoms. The Balaban J connectivity index is 2.47. The van der Waals surface area contributed by atoms with Gasteiger partial charge in [-0.3, -0.25) is 4.98 Å². The van der Waals surface area contributed by atoms with Crippen LogP contribution in [0, 0.1) is 11.8 Å². The van der Waals surface area contributed by atoms with E-state index in [0.717, 1.165) is 12.8 Å². The topological polar surface area (TPSA) is 12.9 Å². The Labute approximate surface area is 124 Å². The van der Waals surface area contributed by atoms with E-state index in [1.165, 1.54) is 23.3 Å². The number of hydrogen-bond acceptors (Lipinski definition) is 1. The highest BCUT2D eigenvalue weighted by molar-refractivity contribution is 5.07. The van der Waals surface area contributed by atoms with Crippen LogP contribution in [0.3, 0.4) is 0 Å². The third-order valence-electron chi connectivity index (χ3n) is 3.79. The molecule has 2 unspecified atom stereocenters. The second-order valence-electron chi connectivity index (χ2n) is 6.19. The van der Waals surface area contributed by atoms with Crippen LogP contribution in [0.5, 0.6) is 0 Å². The summed E-state index contributed by atoms with van der Waals surface area (Å²) in [6, 6.07) is 6.17. The van der Waals surface area contributed by atoms with Crippen LogP contribution in [-0.4, -0.2) is 4.98 Å². The fourth-order valence-electron chi connectivity index (χ4n) is 2.32. The van der Waals surface area contributed by atoms with Crippen LogP contribution in [0.4, 0.5) is 0 Å². The van der Waals surface area contributed by atoms with Gasteiger partial charge in [0.05, 0.1) is 0 Å². The Hall–Kier alpha value is -1.37. The smallest absolute Gasteiger partial charge is 0.0406 e. The summed E-state index contributed by atoms with van der Waals surface area (Å²) in [7, 11) is 0. The van der Waals surface area contributed by atoms with Gasteiger partial charge in [0.15, 0.2) is 0 Å². The molecule has 0 spiro atoms. The van der Waals surface area contributed by atoms with Crippen LogP contribution in [0.25, 0.3) is 0 Å².